The first-order chi connectivity index (χ1) is 18.6. The summed E-state index contributed by atoms with van der Waals surface area (Å²) in [6, 6.07) is 0. The monoisotopic (exact) mass is 610 g/mol. The minimum absolute atomic E-state index is 0.0110. The molecule has 0 aromatic carbocycles. The number of carbonyl (C=O) groups is 5. The zero-order chi connectivity index (χ0) is 28.6. The molecule has 2 atom stereocenters. The SMILES string of the molecule is CC(C)C(=O)NCCCCCC(=O)CN1CCN2CCN(CC(=O)O)CCN(CC1)CC(=O)[O][Ga][O]C(=O)C2. The van der Waals surface area contributed by atoms with Crippen molar-refractivity contribution in [2.75, 3.05) is 85.1 Å². The summed E-state index contributed by atoms with van der Waals surface area (Å²) >= 11 is -1.93. The molecular formula is C25H43GaN5O8. The molecule has 3 saturated heterocycles. The van der Waals surface area contributed by atoms with Gasteiger partial charge in [0.25, 0.3) is 0 Å². The van der Waals surface area contributed by atoms with Gasteiger partial charge < -0.3 is 5.32 Å². The number of rotatable bonds is 11. The number of fused-ring (bicyclic) bond motifs is 14. The standard InChI is InChI=1S/C25H45N5O8.Ga/c1-20(2)25(38)26-7-5-3-4-6-21(31)16-27-8-10-28(17-22(32)33)12-14-30(19-24(36)37)15-13-29(11-9-27)18-23(34)35;/h20H,3-19H2,1-2H3,(H,26,38)(H,32,33)(H,34,35)(H,36,37);/q;+2/p-2. The van der Waals surface area contributed by atoms with Gasteiger partial charge in [0.1, 0.15) is 0 Å². The Labute approximate surface area is 239 Å². The van der Waals surface area contributed by atoms with Gasteiger partial charge in [-0.1, -0.05) is 13.8 Å². The van der Waals surface area contributed by atoms with Crippen molar-refractivity contribution in [1.82, 2.24) is 24.9 Å². The molecule has 39 heavy (non-hydrogen) atoms. The molecule has 3 aliphatic heterocycles. The molecule has 1 radical (unpaired) electrons. The fourth-order valence-corrected chi connectivity index (χ4v) is 5.21. The predicted molar refractivity (Wildman–Crippen MR) is 143 cm³/mol. The van der Waals surface area contributed by atoms with Gasteiger partial charge in [-0.2, -0.15) is 0 Å². The molecule has 0 spiro atoms. The van der Waals surface area contributed by atoms with Crippen molar-refractivity contribution in [1.29, 1.82) is 0 Å². The molecule has 3 fully saturated rings. The number of hydrogen-bond donors (Lipinski definition) is 2. The average molecular weight is 611 g/mol. The first-order valence-electron chi connectivity index (χ1n) is 13.7. The Balaban J connectivity index is 1.98. The number of carbonyl (C=O) groups excluding carboxylic acids is 4. The third-order valence-corrected chi connectivity index (χ3v) is 8.22. The van der Waals surface area contributed by atoms with Gasteiger partial charge in [-0.25, -0.2) is 0 Å². The van der Waals surface area contributed by atoms with E-state index in [0.717, 1.165) is 19.3 Å². The van der Waals surface area contributed by atoms with E-state index >= 15 is 0 Å². The summed E-state index contributed by atoms with van der Waals surface area (Å²) in [4.78, 5) is 68.2. The molecule has 1 amide bonds. The van der Waals surface area contributed by atoms with E-state index in [2.05, 4.69) is 10.2 Å². The number of nitrogens with one attached hydrogen (secondary N) is 1. The van der Waals surface area contributed by atoms with Crippen LogP contribution >= 0.6 is 0 Å². The Morgan fingerprint density at radius 1 is 0.821 bits per heavy atom. The second kappa shape index (κ2) is 18.4. The van der Waals surface area contributed by atoms with Gasteiger partial charge in [-0.3, -0.25) is 4.79 Å². The molecule has 0 aromatic heterocycles. The van der Waals surface area contributed by atoms with E-state index in [9.17, 15) is 29.1 Å². The first kappa shape index (κ1) is 33.2. The van der Waals surface area contributed by atoms with Gasteiger partial charge >= 0.3 is 191 Å². The van der Waals surface area contributed by atoms with Crippen molar-refractivity contribution < 1.29 is 36.1 Å². The summed E-state index contributed by atoms with van der Waals surface area (Å²) in [6.07, 6.45) is 2.89. The fourth-order valence-electron chi connectivity index (χ4n) is 4.34. The van der Waals surface area contributed by atoms with Crippen LogP contribution in [0.3, 0.4) is 0 Å². The molecular weight excluding hydrogens is 568 g/mol. The van der Waals surface area contributed by atoms with Crippen LogP contribution in [0.4, 0.5) is 0 Å². The normalized spacial score (nSPS) is 22.4. The van der Waals surface area contributed by atoms with Crippen LogP contribution < -0.4 is 5.32 Å². The second-order valence-corrected chi connectivity index (χ2v) is 11.8. The van der Waals surface area contributed by atoms with Gasteiger partial charge in [-0.15, -0.1) is 0 Å². The number of nitrogens with zero attached hydrogens (tertiary/aromatic N) is 4. The van der Waals surface area contributed by atoms with Crippen LogP contribution in [0.2, 0.25) is 0 Å². The van der Waals surface area contributed by atoms with Crippen LogP contribution in [0.25, 0.3) is 0 Å². The Morgan fingerprint density at radius 3 is 1.82 bits per heavy atom. The minimum atomic E-state index is -1.93. The van der Waals surface area contributed by atoms with Gasteiger partial charge in [-0.05, 0) is 6.42 Å². The molecule has 3 heterocycles. The predicted octanol–water partition coefficient (Wildman–Crippen LogP) is -1.17. The van der Waals surface area contributed by atoms with E-state index in [-0.39, 0.29) is 43.8 Å². The topological polar surface area (TPSA) is 149 Å². The summed E-state index contributed by atoms with van der Waals surface area (Å²) in [5.74, 6) is -1.74. The van der Waals surface area contributed by atoms with Crippen molar-refractivity contribution >= 4 is 47.7 Å². The summed E-state index contributed by atoms with van der Waals surface area (Å²) in [6.45, 7) is 8.47. The number of hydrogen-bond acceptors (Lipinski definition) is 11. The summed E-state index contributed by atoms with van der Waals surface area (Å²) in [7, 11) is 0. The molecule has 2 bridgehead atoms. The van der Waals surface area contributed by atoms with E-state index in [1.807, 2.05) is 23.6 Å². The van der Waals surface area contributed by atoms with Crippen LogP contribution in [-0.2, 0) is 31.0 Å². The molecule has 2 N–H and O–H groups in total. The number of carboxylic acids is 1. The van der Waals surface area contributed by atoms with Crippen molar-refractivity contribution in [2.45, 2.75) is 39.5 Å². The molecule has 3 rings (SSSR count). The molecule has 13 nitrogen and oxygen atoms in total. The van der Waals surface area contributed by atoms with E-state index in [1.165, 1.54) is 0 Å². The van der Waals surface area contributed by atoms with Crippen LogP contribution in [0.5, 0.6) is 0 Å². The average Bonchev–Trinajstić information content (AvgIpc) is 2.86. The van der Waals surface area contributed by atoms with Crippen molar-refractivity contribution in [3.63, 3.8) is 0 Å². The van der Waals surface area contributed by atoms with Crippen LogP contribution in [0, 0.1) is 5.92 Å². The molecule has 219 valence electrons. The fraction of sp³-hybridized carbons (Fsp3) is 0.800. The molecule has 0 aliphatic carbocycles. The number of aliphatic carboxylic acids is 1. The maximum atomic E-state index is 12.8. The maximum absolute atomic E-state index is 12.8. The molecule has 2 unspecified atom stereocenters. The van der Waals surface area contributed by atoms with E-state index in [4.69, 9.17) is 7.06 Å². The number of unbranched alkanes of at least 4 members (excludes halogenated alkanes) is 2. The van der Waals surface area contributed by atoms with Crippen molar-refractivity contribution in [3.05, 3.63) is 0 Å². The Kier molecular flexibility index (Phi) is 15.7. The Bertz CT molecular complexity index is 796. The van der Waals surface area contributed by atoms with Crippen LogP contribution in [-0.4, -0.2) is 158 Å². The van der Waals surface area contributed by atoms with Crippen molar-refractivity contribution in [2.24, 2.45) is 5.92 Å². The number of amides is 1. The molecule has 0 aromatic rings. The zero-order valence-corrected chi connectivity index (χ0v) is 25.7. The zero-order valence-electron chi connectivity index (χ0n) is 23.3. The van der Waals surface area contributed by atoms with Gasteiger partial charge in [0.15, 0.2) is 0 Å². The Morgan fingerprint density at radius 2 is 1.33 bits per heavy atom. The number of ketones is 1. The van der Waals surface area contributed by atoms with Gasteiger partial charge in [0, 0.05) is 12.5 Å². The number of Topliss-reactive ketones (excluding diaryl/α,β-unsaturated/α-hetero) is 1. The van der Waals surface area contributed by atoms with E-state index in [1.54, 1.807) is 4.90 Å². The van der Waals surface area contributed by atoms with Crippen LogP contribution in [0.1, 0.15) is 39.5 Å². The van der Waals surface area contributed by atoms with E-state index < -0.39 is 36.0 Å². The summed E-state index contributed by atoms with van der Waals surface area (Å²) < 4.78 is 10.4. The Hall–Kier alpha value is -1.97. The number of carboxylic acid groups (broad SMARTS) is 1. The third-order valence-electron chi connectivity index (χ3n) is 6.71. The van der Waals surface area contributed by atoms with Crippen LogP contribution in [0.15, 0.2) is 0 Å². The summed E-state index contributed by atoms with van der Waals surface area (Å²) in [5.41, 5.74) is 0. The quantitative estimate of drug-likeness (QED) is 0.214. The molecule has 3 aliphatic rings. The second-order valence-electron chi connectivity index (χ2n) is 10.4. The molecule has 14 heteroatoms. The molecule has 0 saturated carbocycles. The third kappa shape index (κ3) is 14.8. The first-order valence-corrected chi connectivity index (χ1v) is 15.7. The summed E-state index contributed by atoms with van der Waals surface area (Å²) in [5, 5.41) is 12.2. The van der Waals surface area contributed by atoms with E-state index in [0.29, 0.717) is 65.3 Å². The van der Waals surface area contributed by atoms with Gasteiger partial charge in [0.05, 0.1) is 0 Å². The van der Waals surface area contributed by atoms with Crippen molar-refractivity contribution in [3.8, 4) is 0 Å². The van der Waals surface area contributed by atoms with Gasteiger partial charge in [0.2, 0.25) is 5.91 Å².